The van der Waals surface area contributed by atoms with Crippen molar-refractivity contribution in [2.45, 2.75) is 32.4 Å². The van der Waals surface area contributed by atoms with Crippen molar-refractivity contribution < 1.29 is 0 Å². The van der Waals surface area contributed by atoms with E-state index >= 15 is 0 Å². The second-order valence-electron chi connectivity index (χ2n) is 11.5. The molecule has 200 valence electrons. The minimum atomic E-state index is 0.0945. The van der Waals surface area contributed by atoms with Gasteiger partial charge in [-0.1, -0.05) is 79.7 Å². The fourth-order valence-corrected chi connectivity index (χ4v) is 7.10. The predicted octanol–water partition coefficient (Wildman–Crippen LogP) is 9.58. The van der Waals surface area contributed by atoms with Gasteiger partial charge in [0.15, 0.2) is 0 Å². The van der Waals surface area contributed by atoms with Gasteiger partial charge < -0.3 is 9.47 Å². The molecule has 0 saturated carbocycles. The number of benzene rings is 3. The largest absolute Gasteiger partial charge is 0.357 e. The normalized spacial score (nSPS) is 18.9. The fourth-order valence-electron chi connectivity index (χ4n) is 7.10. The Bertz CT molecular complexity index is 1940. The van der Waals surface area contributed by atoms with Gasteiger partial charge in [-0.15, -0.1) is 0 Å². The number of nitrogens with zero attached hydrogens (tertiary/aromatic N) is 4. The number of hydrogen-bond donors (Lipinski definition) is 0. The van der Waals surface area contributed by atoms with Gasteiger partial charge in [0.2, 0.25) is 0 Å². The summed E-state index contributed by atoms with van der Waals surface area (Å²) in [6.45, 7) is 4.63. The summed E-state index contributed by atoms with van der Waals surface area (Å²) < 4.78 is 2.64. The summed E-state index contributed by atoms with van der Waals surface area (Å²) in [5.74, 6) is 1.33. The van der Waals surface area contributed by atoms with Crippen molar-refractivity contribution in [1.29, 1.82) is 0 Å². The van der Waals surface area contributed by atoms with Gasteiger partial charge in [0, 0.05) is 52.5 Å². The smallest absolute Gasteiger partial charge is 0.138 e. The van der Waals surface area contributed by atoms with Gasteiger partial charge in [-0.2, -0.15) is 0 Å². The second-order valence-corrected chi connectivity index (χ2v) is 11.5. The summed E-state index contributed by atoms with van der Waals surface area (Å²) in [4.78, 5) is 9.91. The number of aromatic nitrogens is 2. The number of para-hydroxylation sites is 3. The molecule has 2 aliphatic heterocycles. The summed E-state index contributed by atoms with van der Waals surface area (Å²) in [6, 6.07) is 30.4. The van der Waals surface area contributed by atoms with Crippen LogP contribution in [0.2, 0.25) is 0 Å². The van der Waals surface area contributed by atoms with E-state index in [1.807, 2.05) is 0 Å². The minimum absolute atomic E-state index is 0.0945. The molecule has 0 radical (unpaired) electrons. The van der Waals surface area contributed by atoms with Gasteiger partial charge >= 0.3 is 0 Å². The number of fused-ring (bicyclic) bond motifs is 8. The van der Waals surface area contributed by atoms with Crippen LogP contribution < -0.4 is 4.90 Å². The summed E-state index contributed by atoms with van der Waals surface area (Å²) in [5.41, 5.74) is 12.4. The Morgan fingerprint density at radius 1 is 0.829 bits per heavy atom. The lowest BCUT2D eigenvalue weighted by Gasteiger charge is -2.36. The molecule has 2 atom stereocenters. The lowest BCUT2D eigenvalue weighted by molar-refractivity contribution is 0.278. The number of pyridine rings is 1. The Balaban J connectivity index is 1.50. The van der Waals surface area contributed by atoms with Crippen molar-refractivity contribution in [3.05, 3.63) is 126 Å². The third-order valence-electron chi connectivity index (χ3n) is 8.87. The number of likely N-dealkylation sites (N-methyl/N-ethyl adjacent to an activating group) is 1. The molecule has 0 spiro atoms. The maximum absolute atomic E-state index is 5.20. The number of hydrogen-bond acceptors (Lipinski definition) is 3. The lowest BCUT2D eigenvalue weighted by Crippen LogP contribution is -2.30. The van der Waals surface area contributed by atoms with Gasteiger partial charge in [-0.25, -0.2) is 4.98 Å². The Hall–Kier alpha value is -4.83. The van der Waals surface area contributed by atoms with Crippen LogP contribution in [-0.2, 0) is 0 Å². The molecule has 4 nitrogen and oxygen atoms in total. The van der Waals surface area contributed by atoms with Gasteiger partial charge in [0.1, 0.15) is 12.0 Å². The fraction of sp³-hybridized carbons (Fsp3) is 0.162. The van der Waals surface area contributed by atoms with Crippen molar-refractivity contribution in [2.24, 2.45) is 0 Å². The summed E-state index contributed by atoms with van der Waals surface area (Å²) >= 11 is 0. The number of anilines is 3. The molecule has 41 heavy (non-hydrogen) atoms. The minimum Gasteiger partial charge on any atom is -0.357 e. The highest BCUT2D eigenvalue weighted by molar-refractivity contribution is 6.05. The first-order valence-electron chi connectivity index (χ1n) is 14.5. The Morgan fingerprint density at radius 2 is 1.56 bits per heavy atom. The first-order valence-corrected chi connectivity index (χ1v) is 14.5. The second kappa shape index (κ2) is 9.10. The van der Waals surface area contributed by atoms with Crippen molar-refractivity contribution in [2.75, 3.05) is 11.9 Å². The molecule has 0 N–H and O–H groups in total. The Morgan fingerprint density at radius 3 is 2.39 bits per heavy atom. The van der Waals surface area contributed by atoms with Crippen LogP contribution in [0.4, 0.5) is 17.2 Å². The highest BCUT2D eigenvalue weighted by Gasteiger charge is 2.37. The molecule has 4 heteroatoms. The van der Waals surface area contributed by atoms with Crippen molar-refractivity contribution in [1.82, 2.24) is 14.5 Å². The molecule has 8 rings (SSSR count). The van der Waals surface area contributed by atoms with Crippen molar-refractivity contribution in [3.8, 4) is 22.4 Å². The monoisotopic (exact) mass is 532 g/mol. The van der Waals surface area contributed by atoms with Crippen LogP contribution in [0.25, 0.3) is 39.4 Å². The van der Waals surface area contributed by atoms with E-state index in [-0.39, 0.29) is 6.17 Å². The molecule has 2 aromatic heterocycles. The van der Waals surface area contributed by atoms with E-state index in [4.69, 9.17) is 4.98 Å². The van der Waals surface area contributed by atoms with E-state index in [1.54, 1.807) is 0 Å². The SMILES string of the molecule is CC1=CC=CN(C)C1n1c2c(c3c1C(C)CC=C3)-c1ccccc1N(c1ccc3ccccc3n1)c1ccccc1-2. The van der Waals surface area contributed by atoms with Gasteiger partial charge in [0.25, 0.3) is 0 Å². The zero-order valence-corrected chi connectivity index (χ0v) is 23.6. The molecule has 0 fully saturated rings. The zero-order valence-electron chi connectivity index (χ0n) is 23.6. The van der Waals surface area contributed by atoms with Crippen LogP contribution in [0.5, 0.6) is 0 Å². The standard InChI is InChI=1S/C37H32N4/c1-24-12-10-17-29-34-27-15-5-8-19-31(27)40(33-22-21-26-14-4-7-18-30(26)38-33)32-20-9-6-16-28(32)36(34)41(35(24)29)37-25(2)13-11-23-39(37)3/h4-11,13-24,37H,12H2,1-3H3. The molecule has 0 bridgehead atoms. The average molecular weight is 533 g/mol. The summed E-state index contributed by atoms with van der Waals surface area (Å²) in [5, 5.41) is 1.14. The van der Waals surface area contributed by atoms with E-state index in [1.165, 1.54) is 39.2 Å². The molecule has 0 amide bonds. The molecular formula is C37H32N4. The van der Waals surface area contributed by atoms with Crippen LogP contribution in [-0.4, -0.2) is 21.5 Å². The Labute approximate surface area is 241 Å². The molecule has 3 aromatic carbocycles. The molecule has 1 aliphatic carbocycles. The highest BCUT2D eigenvalue weighted by atomic mass is 15.3. The van der Waals surface area contributed by atoms with Crippen LogP contribution >= 0.6 is 0 Å². The average Bonchev–Trinajstić information content (AvgIpc) is 3.27. The van der Waals surface area contributed by atoms with E-state index in [0.717, 1.165) is 34.5 Å². The number of allylic oxidation sites excluding steroid dienone is 3. The van der Waals surface area contributed by atoms with Crippen LogP contribution in [0.3, 0.4) is 0 Å². The molecule has 5 aromatic rings. The van der Waals surface area contributed by atoms with Crippen LogP contribution in [0.15, 0.2) is 115 Å². The van der Waals surface area contributed by atoms with Crippen LogP contribution in [0.1, 0.15) is 43.6 Å². The van der Waals surface area contributed by atoms with Crippen molar-refractivity contribution >= 4 is 34.2 Å². The summed E-state index contributed by atoms with van der Waals surface area (Å²) in [7, 11) is 2.20. The third-order valence-corrected chi connectivity index (χ3v) is 8.87. The van der Waals surface area contributed by atoms with Crippen molar-refractivity contribution in [3.63, 3.8) is 0 Å². The first kappa shape index (κ1) is 24.0. The maximum Gasteiger partial charge on any atom is 0.138 e. The molecule has 0 saturated heterocycles. The predicted molar refractivity (Wildman–Crippen MR) is 171 cm³/mol. The lowest BCUT2D eigenvalue weighted by atomic mass is 9.89. The first-order chi connectivity index (χ1) is 20.1. The van der Waals surface area contributed by atoms with Gasteiger partial charge in [-0.3, -0.25) is 4.90 Å². The molecule has 3 aliphatic rings. The molecule has 4 heterocycles. The molecular weight excluding hydrogens is 500 g/mol. The van der Waals surface area contributed by atoms with Gasteiger partial charge in [0.05, 0.1) is 22.6 Å². The van der Waals surface area contributed by atoms with E-state index in [9.17, 15) is 0 Å². The highest BCUT2D eigenvalue weighted by Crippen LogP contribution is 2.56. The zero-order chi connectivity index (χ0) is 27.7. The third kappa shape index (κ3) is 3.50. The van der Waals surface area contributed by atoms with Gasteiger partial charge in [-0.05, 0) is 55.3 Å². The molecule has 2 unspecified atom stereocenters. The summed E-state index contributed by atoms with van der Waals surface area (Å²) in [6.07, 6.45) is 12.5. The van der Waals surface area contributed by atoms with E-state index < -0.39 is 0 Å². The number of rotatable bonds is 2. The van der Waals surface area contributed by atoms with E-state index in [0.29, 0.717) is 5.92 Å². The topological polar surface area (TPSA) is 24.3 Å². The van der Waals surface area contributed by atoms with E-state index in [2.05, 4.69) is 151 Å². The maximum atomic E-state index is 5.20. The van der Waals surface area contributed by atoms with Crippen LogP contribution in [0, 0.1) is 0 Å². The Kier molecular flexibility index (Phi) is 5.33. The quantitative estimate of drug-likeness (QED) is 0.222.